The number of benzene rings is 2. The van der Waals surface area contributed by atoms with Gasteiger partial charge in [0.1, 0.15) is 11.6 Å². The van der Waals surface area contributed by atoms with Gasteiger partial charge in [0.25, 0.3) is 0 Å². The number of nitrogens with zero attached hydrogens (tertiary/aromatic N) is 5. The fraction of sp³-hybridized carbons (Fsp3) is 0.462. The Labute approximate surface area is 290 Å². The Hall–Kier alpha value is -4.04. The fourth-order valence-corrected chi connectivity index (χ4v) is 9.54. The monoisotopic (exact) mass is 678 g/mol. The third kappa shape index (κ3) is 5.56. The van der Waals surface area contributed by atoms with E-state index in [-0.39, 0.29) is 41.8 Å². The second kappa shape index (κ2) is 13.0. The van der Waals surface area contributed by atoms with Crippen molar-refractivity contribution in [2.75, 3.05) is 33.2 Å². The molecule has 1 amide bonds. The van der Waals surface area contributed by atoms with Gasteiger partial charge in [-0.3, -0.25) is 9.69 Å². The maximum absolute atomic E-state index is 17.5. The lowest BCUT2D eigenvalue weighted by Crippen LogP contribution is -2.38. The molecule has 0 spiro atoms. The number of carbonyl (C=O) groups excluding carboxylic acids is 1. The van der Waals surface area contributed by atoms with E-state index >= 15 is 4.39 Å². The Balaban J connectivity index is 1.42. The average Bonchev–Trinajstić information content (AvgIpc) is 3.93. The highest BCUT2D eigenvalue weighted by molar-refractivity contribution is 7.17. The van der Waals surface area contributed by atoms with Crippen LogP contribution in [0.5, 0.6) is 5.88 Å². The summed E-state index contributed by atoms with van der Waals surface area (Å²) in [7, 11) is 2.14. The van der Waals surface area contributed by atoms with Crippen molar-refractivity contribution < 1.29 is 13.9 Å². The Kier molecular flexibility index (Phi) is 8.55. The van der Waals surface area contributed by atoms with Crippen molar-refractivity contribution in [1.82, 2.24) is 24.7 Å². The molecule has 2 aromatic carbocycles. The number of likely N-dealkylation sites (tertiary alicyclic amines) is 2. The molecule has 8 rings (SSSR count). The maximum Gasteiger partial charge on any atom is 0.223 e. The Morgan fingerprint density at radius 1 is 1.16 bits per heavy atom. The van der Waals surface area contributed by atoms with Crippen molar-refractivity contribution in [1.29, 1.82) is 5.26 Å². The molecule has 3 aromatic heterocycles. The van der Waals surface area contributed by atoms with Gasteiger partial charge in [0.15, 0.2) is 5.82 Å². The molecule has 49 heavy (non-hydrogen) atoms. The Morgan fingerprint density at radius 2 is 2.02 bits per heavy atom. The van der Waals surface area contributed by atoms with E-state index in [0.29, 0.717) is 36.7 Å². The smallest absolute Gasteiger partial charge is 0.223 e. The number of nitrogens with one attached hydrogen (secondary N) is 1. The summed E-state index contributed by atoms with van der Waals surface area (Å²) in [5, 5.41) is 17.8. The van der Waals surface area contributed by atoms with E-state index in [0.717, 1.165) is 88.6 Å². The molecule has 4 atom stereocenters. The van der Waals surface area contributed by atoms with E-state index in [1.54, 1.807) is 11.3 Å². The van der Waals surface area contributed by atoms with Crippen LogP contribution in [-0.2, 0) is 17.8 Å². The fourth-order valence-electron chi connectivity index (χ4n) is 8.59. The summed E-state index contributed by atoms with van der Waals surface area (Å²) in [5.74, 6) is 0.547. The minimum Gasteiger partial charge on any atom is -0.472 e. The molecule has 0 saturated carbocycles. The Bertz CT molecular complexity index is 2120. The minimum atomic E-state index is -0.381. The van der Waals surface area contributed by atoms with Crippen LogP contribution in [0.15, 0.2) is 41.8 Å². The van der Waals surface area contributed by atoms with Gasteiger partial charge < -0.3 is 19.5 Å². The van der Waals surface area contributed by atoms with Crippen LogP contribution < -0.4 is 10.1 Å². The number of halogens is 1. The molecule has 1 N–H and O–H groups in total. The van der Waals surface area contributed by atoms with E-state index in [4.69, 9.17) is 9.72 Å². The first kappa shape index (κ1) is 32.2. The number of hydrogen-bond acceptors (Lipinski definition) is 7. The molecule has 6 heterocycles. The highest BCUT2D eigenvalue weighted by atomic mass is 32.1. The summed E-state index contributed by atoms with van der Waals surface area (Å²) < 4.78 is 27.8. The van der Waals surface area contributed by atoms with E-state index in [1.165, 1.54) is 0 Å². The molecule has 10 heteroatoms. The van der Waals surface area contributed by atoms with Crippen molar-refractivity contribution in [3.05, 3.63) is 58.9 Å². The summed E-state index contributed by atoms with van der Waals surface area (Å²) in [6, 6.07) is 14.9. The van der Waals surface area contributed by atoms with Crippen molar-refractivity contribution in [2.24, 2.45) is 5.92 Å². The van der Waals surface area contributed by atoms with E-state index in [9.17, 15) is 10.1 Å². The van der Waals surface area contributed by atoms with Crippen molar-refractivity contribution in [3.8, 4) is 23.1 Å². The van der Waals surface area contributed by atoms with Crippen LogP contribution in [0.25, 0.3) is 43.0 Å². The van der Waals surface area contributed by atoms with Crippen LogP contribution in [0.3, 0.4) is 0 Å². The lowest BCUT2D eigenvalue weighted by atomic mass is 9.93. The zero-order chi connectivity index (χ0) is 33.8. The van der Waals surface area contributed by atoms with Gasteiger partial charge in [-0.1, -0.05) is 25.1 Å². The first-order valence-electron chi connectivity index (χ1n) is 17.7. The van der Waals surface area contributed by atoms with Gasteiger partial charge >= 0.3 is 0 Å². The largest absolute Gasteiger partial charge is 0.472 e. The van der Waals surface area contributed by atoms with Crippen LogP contribution in [0, 0.1) is 23.1 Å². The number of carbonyl (C=O) groups is 1. The normalized spacial score (nSPS) is 22.2. The number of pyridine rings is 1. The second-order valence-corrected chi connectivity index (χ2v) is 15.2. The molecule has 254 valence electrons. The van der Waals surface area contributed by atoms with E-state index in [1.807, 2.05) is 28.5 Å². The number of aryl methyl sites for hydroxylation is 1. The molecule has 0 aliphatic carbocycles. The molecule has 3 saturated heterocycles. The third-order valence-corrected chi connectivity index (χ3v) is 12.1. The SMILES string of the molecule is C[C@@H]1CNC[C@H]1n1c(CN2CCCC2=O)cc2c(O[C@@H](C)[C@@H]3CCCN3C)nc3c(F)c(-c4csc5ccccc45)c(CCC#N)cc3c21. The molecular formula is C39H43FN6O2S. The molecule has 0 bridgehead atoms. The predicted molar refractivity (Wildman–Crippen MR) is 193 cm³/mol. The lowest BCUT2D eigenvalue weighted by Gasteiger charge is -2.27. The number of aromatic nitrogens is 2. The van der Waals surface area contributed by atoms with Crippen LogP contribution >= 0.6 is 11.3 Å². The highest BCUT2D eigenvalue weighted by Crippen LogP contribution is 2.45. The van der Waals surface area contributed by atoms with Gasteiger partial charge in [-0.05, 0) is 87.8 Å². The molecule has 3 aliphatic rings. The van der Waals surface area contributed by atoms with Gasteiger partial charge in [0.2, 0.25) is 11.8 Å². The summed E-state index contributed by atoms with van der Waals surface area (Å²) in [6.07, 6.45) is 4.12. The standard InChI is InChI=1S/C39H43FN6O2S/c1-23-19-42-20-32(23)46-26(21-45-16-8-13-34(45)47)18-29-38(46)28-17-25(9-6-14-41)35(30-22-49-33-12-5-4-10-27(30)33)36(40)37(28)43-39(29)48-24(2)31-11-7-15-44(31)3/h4-5,10,12,17-18,22-24,31-32,42H,6-9,11,13,15-16,19-21H2,1-3H3/t23-,24+,31+,32-/m1/s1. The molecule has 3 aliphatic heterocycles. The zero-order valence-electron chi connectivity index (χ0n) is 28.5. The van der Waals surface area contributed by atoms with Crippen LogP contribution in [0.2, 0.25) is 0 Å². The molecule has 0 radical (unpaired) electrons. The first-order chi connectivity index (χ1) is 23.8. The molecule has 3 fully saturated rings. The lowest BCUT2D eigenvalue weighted by molar-refractivity contribution is -0.128. The van der Waals surface area contributed by atoms with E-state index < -0.39 is 0 Å². The number of fused-ring (bicyclic) bond motifs is 4. The minimum absolute atomic E-state index is 0.105. The van der Waals surface area contributed by atoms with Gasteiger partial charge in [-0.2, -0.15) is 5.26 Å². The Morgan fingerprint density at radius 3 is 2.76 bits per heavy atom. The topological polar surface area (TPSA) is 86.4 Å². The van der Waals surface area contributed by atoms with Gasteiger partial charge in [-0.25, -0.2) is 9.37 Å². The molecular weight excluding hydrogens is 636 g/mol. The maximum atomic E-state index is 17.5. The van der Waals surface area contributed by atoms with Crippen molar-refractivity contribution in [3.63, 3.8) is 0 Å². The van der Waals surface area contributed by atoms with Crippen LogP contribution in [0.1, 0.15) is 63.3 Å². The van der Waals surface area contributed by atoms with Gasteiger partial charge in [0.05, 0.1) is 29.6 Å². The summed E-state index contributed by atoms with van der Waals surface area (Å²) in [4.78, 5) is 22.3. The number of hydrogen-bond donors (Lipinski definition) is 1. The highest BCUT2D eigenvalue weighted by Gasteiger charge is 2.34. The number of thiophene rings is 1. The third-order valence-electron chi connectivity index (χ3n) is 11.1. The number of likely N-dealkylation sites (N-methyl/N-ethyl adjacent to an activating group) is 1. The van der Waals surface area contributed by atoms with Crippen LogP contribution in [-0.4, -0.2) is 70.6 Å². The zero-order valence-corrected chi connectivity index (χ0v) is 29.3. The number of nitriles is 1. The van der Waals surface area contributed by atoms with Crippen molar-refractivity contribution >= 4 is 49.1 Å². The quantitative estimate of drug-likeness (QED) is 0.175. The second-order valence-electron chi connectivity index (χ2n) is 14.2. The molecule has 0 unspecified atom stereocenters. The molecule has 5 aromatic rings. The number of amides is 1. The predicted octanol–water partition coefficient (Wildman–Crippen LogP) is 7.43. The average molecular weight is 679 g/mol. The van der Waals surface area contributed by atoms with Crippen molar-refractivity contribution in [2.45, 2.75) is 77.1 Å². The molecule has 8 nitrogen and oxygen atoms in total. The summed E-state index contributed by atoms with van der Waals surface area (Å²) >= 11 is 1.60. The van der Waals surface area contributed by atoms with Gasteiger partial charge in [0, 0.05) is 64.3 Å². The summed E-state index contributed by atoms with van der Waals surface area (Å²) in [5.41, 5.74) is 4.33. The van der Waals surface area contributed by atoms with E-state index in [2.05, 4.69) is 59.9 Å². The number of rotatable bonds is 9. The van der Waals surface area contributed by atoms with Crippen LogP contribution in [0.4, 0.5) is 4.39 Å². The van der Waals surface area contributed by atoms with Gasteiger partial charge in [-0.15, -0.1) is 11.3 Å². The first-order valence-corrected chi connectivity index (χ1v) is 18.6. The summed E-state index contributed by atoms with van der Waals surface area (Å²) in [6.45, 7) is 8.24. The number of ether oxygens (including phenoxy) is 1.